The Bertz CT molecular complexity index is 683. The third-order valence-corrected chi connectivity index (χ3v) is 8.52. The van der Waals surface area contributed by atoms with E-state index < -0.39 is 5.60 Å². The molecule has 3 aliphatic carbocycles. The summed E-state index contributed by atoms with van der Waals surface area (Å²) < 4.78 is 0. The maximum absolute atomic E-state index is 10.9. The van der Waals surface area contributed by atoms with Crippen molar-refractivity contribution in [2.45, 2.75) is 110 Å². The molecule has 0 radical (unpaired) electrons. The van der Waals surface area contributed by atoms with Gasteiger partial charge in [0, 0.05) is 0 Å². The number of rotatable bonds is 6. The molecule has 0 aromatic carbocycles. The number of aliphatic hydroxyl groups excluding tert-OH is 2. The second kappa shape index (κ2) is 9.30. The predicted molar refractivity (Wildman–Crippen MR) is 124 cm³/mol. The van der Waals surface area contributed by atoms with Gasteiger partial charge in [0.05, 0.1) is 17.8 Å². The second-order valence-electron chi connectivity index (χ2n) is 11.3. The standard InChI is InChI=1S/C27H44O3/c1-18-8-11-22(28)17-21(18)10-9-20-7-6-15-27(5)23(12-13-24(20)27)19(2)25(29)14-16-26(3,4)30/h9-10,19,22-25,28-30H,1,6-8,11-17H2,2-5H3/b20-9+,21-10-/t19-,22-,23+,24-,25?,27+/m0/s1. The number of hydrogen-bond donors (Lipinski definition) is 3. The maximum atomic E-state index is 10.9. The van der Waals surface area contributed by atoms with Crippen LogP contribution in [0.1, 0.15) is 91.9 Å². The van der Waals surface area contributed by atoms with Crippen molar-refractivity contribution in [2.24, 2.45) is 23.2 Å². The first kappa shape index (κ1) is 23.8. The minimum absolute atomic E-state index is 0.223. The Morgan fingerprint density at radius 3 is 2.63 bits per heavy atom. The number of aliphatic hydroxyl groups is 3. The Balaban J connectivity index is 1.72. The fraction of sp³-hybridized carbons (Fsp3) is 0.778. The summed E-state index contributed by atoms with van der Waals surface area (Å²) in [4.78, 5) is 0. The molecule has 0 amide bonds. The van der Waals surface area contributed by atoms with Crippen LogP contribution in [0.15, 0.2) is 35.5 Å². The highest BCUT2D eigenvalue weighted by Gasteiger charge is 2.51. The second-order valence-corrected chi connectivity index (χ2v) is 11.3. The summed E-state index contributed by atoms with van der Waals surface area (Å²) in [5.74, 6) is 1.38. The Morgan fingerprint density at radius 1 is 1.20 bits per heavy atom. The summed E-state index contributed by atoms with van der Waals surface area (Å²) in [6, 6.07) is 0. The van der Waals surface area contributed by atoms with Crippen molar-refractivity contribution >= 4 is 0 Å². The van der Waals surface area contributed by atoms with Gasteiger partial charge in [-0.3, -0.25) is 0 Å². The molecular weight excluding hydrogens is 372 g/mol. The molecule has 0 spiro atoms. The van der Waals surface area contributed by atoms with Gasteiger partial charge >= 0.3 is 0 Å². The van der Waals surface area contributed by atoms with Crippen LogP contribution in [0.25, 0.3) is 0 Å². The zero-order valence-corrected chi connectivity index (χ0v) is 19.7. The van der Waals surface area contributed by atoms with Crippen LogP contribution in [0.2, 0.25) is 0 Å². The molecular formula is C27H44O3. The van der Waals surface area contributed by atoms with Gasteiger partial charge in [0.2, 0.25) is 0 Å². The zero-order valence-electron chi connectivity index (χ0n) is 19.7. The lowest BCUT2D eigenvalue weighted by atomic mass is 9.60. The fourth-order valence-corrected chi connectivity index (χ4v) is 6.57. The van der Waals surface area contributed by atoms with Gasteiger partial charge < -0.3 is 15.3 Å². The summed E-state index contributed by atoms with van der Waals surface area (Å²) >= 11 is 0. The van der Waals surface area contributed by atoms with E-state index in [1.165, 1.54) is 43.3 Å². The van der Waals surface area contributed by atoms with Gasteiger partial charge in [-0.05, 0) is 107 Å². The maximum Gasteiger partial charge on any atom is 0.0592 e. The molecule has 3 saturated carbocycles. The Labute approximate surface area is 184 Å². The molecule has 30 heavy (non-hydrogen) atoms. The summed E-state index contributed by atoms with van der Waals surface area (Å²) in [5.41, 5.74) is 3.50. The van der Waals surface area contributed by atoms with Crippen molar-refractivity contribution in [3.63, 3.8) is 0 Å². The molecule has 170 valence electrons. The highest BCUT2D eigenvalue weighted by atomic mass is 16.3. The number of fused-ring (bicyclic) bond motifs is 1. The molecule has 0 aromatic heterocycles. The van der Waals surface area contributed by atoms with Crippen molar-refractivity contribution < 1.29 is 15.3 Å². The van der Waals surface area contributed by atoms with Crippen molar-refractivity contribution in [1.29, 1.82) is 0 Å². The number of hydrogen-bond acceptors (Lipinski definition) is 3. The fourth-order valence-electron chi connectivity index (χ4n) is 6.57. The van der Waals surface area contributed by atoms with E-state index in [-0.39, 0.29) is 23.5 Å². The molecule has 0 aliphatic heterocycles. The van der Waals surface area contributed by atoms with Gasteiger partial charge in [-0.25, -0.2) is 0 Å². The van der Waals surface area contributed by atoms with E-state index in [0.717, 1.165) is 19.3 Å². The van der Waals surface area contributed by atoms with Crippen molar-refractivity contribution in [2.75, 3.05) is 0 Å². The summed E-state index contributed by atoms with van der Waals surface area (Å²) in [6.45, 7) is 12.5. The van der Waals surface area contributed by atoms with Gasteiger partial charge in [0.25, 0.3) is 0 Å². The Kier molecular flexibility index (Phi) is 7.37. The van der Waals surface area contributed by atoms with Gasteiger partial charge in [0.15, 0.2) is 0 Å². The summed E-state index contributed by atoms with van der Waals surface area (Å²) in [6.07, 6.45) is 13.8. The molecule has 3 aliphatic rings. The molecule has 3 rings (SSSR count). The largest absolute Gasteiger partial charge is 0.393 e. The molecule has 3 heteroatoms. The lowest BCUT2D eigenvalue weighted by Crippen LogP contribution is -2.39. The lowest BCUT2D eigenvalue weighted by molar-refractivity contribution is -0.00259. The summed E-state index contributed by atoms with van der Waals surface area (Å²) in [5, 5.41) is 30.9. The smallest absolute Gasteiger partial charge is 0.0592 e. The predicted octanol–water partition coefficient (Wildman–Crippen LogP) is 5.70. The van der Waals surface area contributed by atoms with Crippen LogP contribution >= 0.6 is 0 Å². The van der Waals surface area contributed by atoms with Gasteiger partial charge in [-0.1, -0.05) is 43.7 Å². The van der Waals surface area contributed by atoms with Crippen LogP contribution in [0, 0.1) is 23.2 Å². The van der Waals surface area contributed by atoms with E-state index in [1.54, 1.807) is 5.57 Å². The third-order valence-electron chi connectivity index (χ3n) is 8.52. The van der Waals surface area contributed by atoms with E-state index in [9.17, 15) is 15.3 Å². The van der Waals surface area contributed by atoms with Crippen LogP contribution in [0.3, 0.4) is 0 Å². The van der Waals surface area contributed by atoms with Crippen LogP contribution in [0.4, 0.5) is 0 Å². The van der Waals surface area contributed by atoms with E-state index in [4.69, 9.17) is 0 Å². The van der Waals surface area contributed by atoms with Gasteiger partial charge in [0.1, 0.15) is 0 Å². The van der Waals surface area contributed by atoms with Crippen molar-refractivity contribution in [3.8, 4) is 0 Å². The lowest BCUT2D eigenvalue weighted by Gasteiger charge is -2.45. The Morgan fingerprint density at radius 2 is 1.93 bits per heavy atom. The molecule has 0 bridgehead atoms. The first-order valence-electron chi connectivity index (χ1n) is 12.2. The minimum Gasteiger partial charge on any atom is -0.393 e. The van der Waals surface area contributed by atoms with Crippen LogP contribution < -0.4 is 0 Å². The van der Waals surface area contributed by atoms with Gasteiger partial charge in [-0.15, -0.1) is 0 Å². The first-order valence-corrected chi connectivity index (χ1v) is 12.2. The molecule has 1 unspecified atom stereocenters. The average molecular weight is 417 g/mol. The molecule has 0 heterocycles. The SMILES string of the molecule is C=C1CC[C@H](O)C/C1=C/C=C1\CCC[C@]2(C)[C@@H]([C@H](C)C(O)CCC(C)(C)O)CC[C@@H]12. The first-order chi connectivity index (χ1) is 14.0. The van der Waals surface area contributed by atoms with Crippen molar-refractivity contribution in [1.82, 2.24) is 0 Å². The minimum atomic E-state index is -0.715. The highest BCUT2D eigenvalue weighted by molar-refractivity contribution is 5.36. The molecule has 6 atom stereocenters. The topological polar surface area (TPSA) is 60.7 Å². The molecule has 3 N–H and O–H groups in total. The van der Waals surface area contributed by atoms with E-state index in [0.29, 0.717) is 24.7 Å². The zero-order chi connectivity index (χ0) is 22.1. The molecule has 3 fully saturated rings. The van der Waals surface area contributed by atoms with E-state index >= 15 is 0 Å². The normalized spacial score (nSPS) is 37.4. The van der Waals surface area contributed by atoms with E-state index in [2.05, 4.69) is 32.6 Å². The van der Waals surface area contributed by atoms with Crippen LogP contribution in [-0.4, -0.2) is 33.1 Å². The van der Waals surface area contributed by atoms with E-state index in [1.807, 2.05) is 13.8 Å². The molecule has 0 aromatic rings. The molecule has 0 saturated heterocycles. The third kappa shape index (κ3) is 5.29. The molecule has 3 nitrogen and oxygen atoms in total. The van der Waals surface area contributed by atoms with Crippen LogP contribution in [0.5, 0.6) is 0 Å². The monoisotopic (exact) mass is 416 g/mol. The highest BCUT2D eigenvalue weighted by Crippen LogP contribution is 2.60. The quantitative estimate of drug-likeness (QED) is 0.520. The van der Waals surface area contributed by atoms with Gasteiger partial charge in [-0.2, -0.15) is 0 Å². The van der Waals surface area contributed by atoms with Crippen LogP contribution in [-0.2, 0) is 0 Å². The van der Waals surface area contributed by atoms with Crippen molar-refractivity contribution in [3.05, 3.63) is 35.5 Å². The number of allylic oxidation sites excluding steroid dienone is 4. The summed E-state index contributed by atoms with van der Waals surface area (Å²) in [7, 11) is 0. The average Bonchev–Trinajstić information content (AvgIpc) is 3.03. The Hall–Kier alpha value is -0.900.